The molecule has 1 aliphatic heterocycles. The predicted octanol–water partition coefficient (Wildman–Crippen LogP) is -0.379. The summed E-state index contributed by atoms with van der Waals surface area (Å²) >= 11 is 0. The van der Waals surface area contributed by atoms with E-state index in [1.807, 2.05) is 0 Å². The van der Waals surface area contributed by atoms with E-state index in [1.54, 1.807) is 0 Å². The van der Waals surface area contributed by atoms with Crippen LogP contribution in [-0.2, 0) is 20.0 Å². The molecule has 0 aromatic carbocycles. The van der Waals surface area contributed by atoms with E-state index in [-0.39, 0.29) is 0 Å². The van der Waals surface area contributed by atoms with Crippen molar-refractivity contribution in [1.29, 1.82) is 0 Å². The van der Waals surface area contributed by atoms with Gasteiger partial charge in [0.25, 0.3) is 10.0 Å². The van der Waals surface area contributed by atoms with E-state index in [1.165, 1.54) is 6.92 Å². The van der Waals surface area contributed by atoms with Crippen molar-refractivity contribution in [3.8, 4) is 0 Å². The van der Waals surface area contributed by atoms with Crippen molar-refractivity contribution in [2.75, 3.05) is 0 Å². The molecule has 0 saturated carbocycles. The van der Waals surface area contributed by atoms with Gasteiger partial charge in [-0.05, 0) is 6.42 Å². The van der Waals surface area contributed by atoms with Crippen molar-refractivity contribution in [3.05, 3.63) is 0 Å². The van der Waals surface area contributed by atoms with Crippen LogP contribution >= 0.6 is 0 Å². The van der Waals surface area contributed by atoms with Gasteiger partial charge in [0.1, 0.15) is 0 Å². The third kappa shape index (κ3) is 1.34. The zero-order valence-electron chi connectivity index (χ0n) is 6.49. The fraction of sp³-hybridized carbons (Fsp3) is 1.00. The highest BCUT2D eigenvalue weighted by Crippen LogP contribution is 2.37. The second kappa shape index (κ2) is 2.61. The molecule has 0 aliphatic carbocycles. The van der Waals surface area contributed by atoms with E-state index >= 15 is 0 Å². The van der Waals surface area contributed by atoms with E-state index in [4.69, 9.17) is 0 Å². The van der Waals surface area contributed by atoms with Gasteiger partial charge in [-0.2, -0.15) is 8.78 Å². The van der Waals surface area contributed by atoms with E-state index in [0.29, 0.717) is 0 Å². The quantitative estimate of drug-likeness (QED) is 0.672. The van der Waals surface area contributed by atoms with E-state index in [2.05, 4.69) is 0 Å². The lowest BCUT2D eigenvalue weighted by atomic mass is 10.3. The lowest BCUT2D eigenvalue weighted by Gasteiger charge is -2.11. The van der Waals surface area contributed by atoms with Crippen LogP contribution in [0.4, 0.5) is 8.78 Å². The summed E-state index contributed by atoms with van der Waals surface area (Å²) in [6.07, 6.45) is -0.457. The number of alkyl halides is 2. The maximum atomic E-state index is 12.9. The van der Waals surface area contributed by atoms with Crippen LogP contribution in [0.2, 0.25) is 0 Å². The Morgan fingerprint density at radius 3 is 1.92 bits per heavy atom. The van der Waals surface area contributed by atoms with Crippen LogP contribution in [0, 0.1) is 0 Å². The SMILES string of the molecule is CCC1C(F)(F)S(=O)(=O)NS1(=O)=O. The summed E-state index contributed by atoms with van der Waals surface area (Å²) < 4.78 is 69.6. The minimum absolute atomic E-state index is 0.457. The lowest BCUT2D eigenvalue weighted by Crippen LogP contribution is -2.35. The Morgan fingerprint density at radius 2 is 1.77 bits per heavy atom. The normalized spacial score (nSPS) is 34.5. The standard InChI is InChI=1S/C4H7F2NO4S2/c1-2-3-4(5,6)13(10,11)7-12(3,8)9/h3,7H,2H2,1H3. The molecule has 1 heterocycles. The van der Waals surface area contributed by atoms with Crippen molar-refractivity contribution in [2.45, 2.75) is 23.8 Å². The third-order valence-electron chi connectivity index (χ3n) is 1.70. The van der Waals surface area contributed by atoms with Gasteiger partial charge in [0.05, 0.1) is 0 Å². The van der Waals surface area contributed by atoms with Gasteiger partial charge in [-0.25, -0.2) is 16.8 Å². The monoisotopic (exact) mass is 235 g/mol. The van der Waals surface area contributed by atoms with Crippen molar-refractivity contribution in [3.63, 3.8) is 0 Å². The van der Waals surface area contributed by atoms with Gasteiger partial charge >= 0.3 is 5.25 Å². The smallest absolute Gasteiger partial charge is 0.211 e. The topological polar surface area (TPSA) is 80.3 Å². The largest absolute Gasteiger partial charge is 0.377 e. The highest BCUT2D eigenvalue weighted by Gasteiger charge is 2.64. The number of sulfonamides is 2. The van der Waals surface area contributed by atoms with Crippen molar-refractivity contribution < 1.29 is 25.6 Å². The molecular weight excluding hydrogens is 228 g/mol. The fourth-order valence-corrected chi connectivity index (χ4v) is 5.28. The van der Waals surface area contributed by atoms with Gasteiger partial charge in [-0.1, -0.05) is 6.92 Å². The van der Waals surface area contributed by atoms with Crippen molar-refractivity contribution in [2.24, 2.45) is 0 Å². The maximum absolute atomic E-state index is 12.9. The summed E-state index contributed by atoms with van der Waals surface area (Å²) in [6, 6.07) is 0. The molecule has 0 radical (unpaired) electrons. The van der Waals surface area contributed by atoms with Gasteiger partial charge in [0.15, 0.2) is 5.25 Å². The summed E-state index contributed by atoms with van der Waals surface area (Å²) in [6.45, 7) is 1.18. The Labute approximate surface area is 74.2 Å². The molecule has 0 amide bonds. The Kier molecular flexibility index (Phi) is 2.17. The summed E-state index contributed by atoms with van der Waals surface area (Å²) in [5.41, 5.74) is 0. The first kappa shape index (κ1) is 10.8. The molecule has 1 unspecified atom stereocenters. The molecule has 0 aromatic heterocycles. The molecule has 0 bridgehead atoms. The summed E-state index contributed by atoms with van der Waals surface area (Å²) in [4.78, 5) is 0. The van der Waals surface area contributed by atoms with Crippen LogP contribution in [0.5, 0.6) is 0 Å². The van der Waals surface area contributed by atoms with Crippen LogP contribution in [0.1, 0.15) is 13.3 Å². The van der Waals surface area contributed by atoms with Gasteiger partial charge in [-0.15, -0.1) is 4.13 Å². The van der Waals surface area contributed by atoms with Crippen LogP contribution in [0.15, 0.2) is 0 Å². The minimum atomic E-state index is -5.06. The highest BCUT2D eigenvalue weighted by atomic mass is 32.3. The zero-order valence-corrected chi connectivity index (χ0v) is 8.12. The highest BCUT2D eigenvalue weighted by molar-refractivity contribution is 8.09. The molecule has 1 fully saturated rings. The molecule has 1 aliphatic rings. The molecule has 0 aromatic rings. The van der Waals surface area contributed by atoms with E-state index in [0.717, 1.165) is 4.13 Å². The first-order chi connectivity index (χ1) is 5.65. The minimum Gasteiger partial charge on any atom is -0.211 e. The number of rotatable bonds is 1. The first-order valence-corrected chi connectivity index (χ1v) is 6.33. The molecule has 78 valence electrons. The number of hydrogen-bond acceptors (Lipinski definition) is 4. The number of hydrogen-bond donors (Lipinski definition) is 1. The van der Waals surface area contributed by atoms with Gasteiger partial charge in [-0.3, -0.25) is 0 Å². The molecule has 9 heteroatoms. The molecule has 1 N–H and O–H groups in total. The molecule has 13 heavy (non-hydrogen) atoms. The second-order valence-electron chi connectivity index (χ2n) is 2.59. The lowest BCUT2D eigenvalue weighted by molar-refractivity contribution is 0.0889. The fourth-order valence-electron chi connectivity index (χ4n) is 1.08. The second-order valence-corrected chi connectivity index (χ2v) is 6.47. The molecular formula is C4H7F2NO4S2. The summed E-state index contributed by atoms with van der Waals surface area (Å²) in [5.74, 6) is 0. The van der Waals surface area contributed by atoms with Crippen molar-refractivity contribution >= 4 is 20.0 Å². The number of halogens is 2. The summed E-state index contributed by atoms with van der Waals surface area (Å²) in [5, 5.41) is -6.43. The zero-order chi connectivity index (χ0) is 10.5. The van der Waals surface area contributed by atoms with Crippen LogP contribution in [0.25, 0.3) is 0 Å². The Morgan fingerprint density at radius 1 is 1.31 bits per heavy atom. The van der Waals surface area contributed by atoms with E-state index in [9.17, 15) is 25.6 Å². The summed E-state index contributed by atoms with van der Waals surface area (Å²) in [7, 11) is -9.51. The molecule has 1 atom stereocenters. The van der Waals surface area contributed by atoms with Gasteiger partial charge in [0.2, 0.25) is 10.0 Å². The van der Waals surface area contributed by atoms with Gasteiger partial charge in [0, 0.05) is 0 Å². The Hall–Kier alpha value is -0.280. The molecule has 5 nitrogen and oxygen atoms in total. The Balaban J connectivity index is 3.40. The predicted molar refractivity (Wildman–Crippen MR) is 40.0 cm³/mol. The van der Waals surface area contributed by atoms with Gasteiger partial charge < -0.3 is 0 Å². The molecule has 0 spiro atoms. The maximum Gasteiger partial charge on any atom is 0.377 e. The molecule has 1 rings (SSSR count). The van der Waals surface area contributed by atoms with Crippen LogP contribution in [-0.4, -0.2) is 27.3 Å². The van der Waals surface area contributed by atoms with Crippen molar-refractivity contribution in [1.82, 2.24) is 4.13 Å². The molecule has 1 saturated heterocycles. The average molecular weight is 235 g/mol. The van der Waals surface area contributed by atoms with Crippen LogP contribution in [0.3, 0.4) is 0 Å². The Bertz CT molecular complexity index is 411. The van der Waals surface area contributed by atoms with E-state index < -0.39 is 37.0 Å². The first-order valence-electron chi connectivity index (χ1n) is 3.30. The third-order valence-corrected chi connectivity index (χ3v) is 6.04. The number of nitrogens with one attached hydrogen (secondary N) is 1. The average Bonchev–Trinajstić information content (AvgIpc) is 1.93. The van der Waals surface area contributed by atoms with Crippen LogP contribution < -0.4 is 4.13 Å².